The smallest absolute Gasteiger partial charge is 0.251 e. The second-order valence-electron chi connectivity index (χ2n) is 3.71. The molecule has 2 heterocycles. The van der Waals surface area contributed by atoms with Crippen molar-refractivity contribution in [3.8, 4) is 0 Å². The molecule has 6 nitrogen and oxygen atoms in total. The molecular formula is C12H9ClN4O2. The van der Waals surface area contributed by atoms with Crippen LogP contribution >= 0.6 is 11.6 Å². The predicted molar refractivity (Wildman–Crippen MR) is 69.8 cm³/mol. The van der Waals surface area contributed by atoms with Gasteiger partial charge in [0.05, 0.1) is 10.6 Å². The molecule has 0 radical (unpaired) electrons. The van der Waals surface area contributed by atoms with Gasteiger partial charge in [0.2, 0.25) is 5.78 Å². The quantitative estimate of drug-likeness (QED) is 0.814. The molecule has 0 aliphatic heterocycles. The molecule has 7 heteroatoms. The molecular weight excluding hydrogens is 268 g/mol. The summed E-state index contributed by atoms with van der Waals surface area (Å²) in [7, 11) is 0. The van der Waals surface area contributed by atoms with Crippen LogP contribution < -0.4 is 11.5 Å². The number of halogens is 1. The molecule has 1 amide bonds. The number of carbonyl (C=O) groups excluding carboxylic acids is 2. The zero-order valence-corrected chi connectivity index (χ0v) is 10.4. The van der Waals surface area contributed by atoms with Crippen LogP contribution in [0.15, 0.2) is 30.6 Å². The minimum atomic E-state index is -0.777. The summed E-state index contributed by atoms with van der Waals surface area (Å²) in [6.07, 6.45) is 2.66. The summed E-state index contributed by atoms with van der Waals surface area (Å²) in [5, 5.41) is 0.222. The van der Waals surface area contributed by atoms with E-state index in [-0.39, 0.29) is 27.7 Å². The molecule has 0 aliphatic carbocycles. The number of carbonyl (C=O) groups is 2. The Bertz CT molecular complexity index is 673. The van der Waals surface area contributed by atoms with Gasteiger partial charge in [-0.3, -0.25) is 14.6 Å². The van der Waals surface area contributed by atoms with E-state index in [1.807, 2.05) is 0 Å². The molecule has 0 saturated carbocycles. The van der Waals surface area contributed by atoms with E-state index in [1.165, 1.54) is 30.6 Å². The van der Waals surface area contributed by atoms with E-state index in [9.17, 15) is 9.59 Å². The van der Waals surface area contributed by atoms with Gasteiger partial charge in [-0.25, -0.2) is 4.98 Å². The molecule has 4 N–H and O–H groups in total. The second-order valence-corrected chi connectivity index (χ2v) is 4.15. The molecule has 96 valence electrons. The fraction of sp³-hybridized carbons (Fsp3) is 0. The second kappa shape index (κ2) is 5.03. The number of rotatable bonds is 3. The van der Waals surface area contributed by atoms with Crippen LogP contribution in [-0.4, -0.2) is 21.7 Å². The van der Waals surface area contributed by atoms with Gasteiger partial charge in [0, 0.05) is 18.0 Å². The van der Waals surface area contributed by atoms with Gasteiger partial charge in [-0.05, 0) is 18.2 Å². The van der Waals surface area contributed by atoms with E-state index in [0.717, 1.165) is 0 Å². The lowest BCUT2D eigenvalue weighted by molar-refractivity contribution is 0.0978. The summed E-state index contributed by atoms with van der Waals surface area (Å²) in [6.45, 7) is 0. The number of pyridine rings is 2. The van der Waals surface area contributed by atoms with Crippen molar-refractivity contribution in [3.05, 3.63) is 52.4 Å². The van der Waals surface area contributed by atoms with Crippen LogP contribution in [0.5, 0.6) is 0 Å². The van der Waals surface area contributed by atoms with Crippen molar-refractivity contribution in [2.45, 2.75) is 0 Å². The highest BCUT2D eigenvalue weighted by molar-refractivity contribution is 6.31. The van der Waals surface area contributed by atoms with E-state index < -0.39 is 11.7 Å². The molecule has 0 aliphatic rings. The highest BCUT2D eigenvalue weighted by Crippen LogP contribution is 2.17. The van der Waals surface area contributed by atoms with Crippen molar-refractivity contribution in [1.29, 1.82) is 0 Å². The van der Waals surface area contributed by atoms with E-state index in [2.05, 4.69) is 9.97 Å². The predicted octanol–water partition coefficient (Wildman–Crippen LogP) is 1.04. The number of amides is 1. The number of hydrogen-bond donors (Lipinski definition) is 2. The Hall–Kier alpha value is -2.47. The van der Waals surface area contributed by atoms with E-state index >= 15 is 0 Å². The standard InChI is InChI=1S/C12H9ClN4O2/c13-7-4-8(12(15)19)10(17-5-7)11(18)6-1-2-16-9(14)3-6/h1-5H,(H2,14,16)(H2,15,19). The van der Waals surface area contributed by atoms with Crippen LogP contribution in [0.4, 0.5) is 5.82 Å². The SMILES string of the molecule is NC(=O)c1cc(Cl)cnc1C(=O)c1ccnc(N)c1. The maximum atomic E-state index is 12.2. The number of nitrogen functional groups attached to an aromatic ring is 1. The summed E-state index contributed by atoms with van der Waals surface area (Å²) in [5.74, 6) is -1.06. The van der Waals surface area contributed by atoms with Gasteiger partial charge in [-0.2, -0.15) is 0 Å². The van der Waals surface area contributed by atoms with Crippen LogP contribution in [0.2, 0.25) is 5.02 Å². The van der Waals surface area contributed by atoms with E-state index in [0.29, 0.717) is 0 Å². The Morgan fingerprint density at radius 3 is 2.58 bits per heavy atom. The largest absolute Gasteiger partial charge is 0.384 e. The highest BCUT2D eigenvalue weighted by Gasteiger charge is 2.19. The average Bonchev–Trinajstić information content (AvgIpc) is 2.37. The van der Waals surface area contributed by atoms with Crippen molar-refractivity contribution in [3.63, 3.8) is 0 Å². The van der Waals surface area contributed by atoms with E-state index in [4.69, 9.17) is 23.1 Å². The summed E-state index contributed by atoms with van der Waals surface area (Å²) in [4.78, 5) is 31.2. The van der Waals surface area contributed by atoms with Gasteiger partial charge in [-0.15, -0.1) is 0 Å². The third kappa shape index (κ3) is 2.69. The maximum absolute atomic E-state index is 12.2. The molecule has 0 atom stereocenters. The van der Waals surface area contributed by atoms with Crippen LogP contribution in [0.25, 0.3) is 0 Å². The van der Waals surface area contributed by atoms with Gasteiger partial charge in [0.15, 0.2) is 0 Å². The molecule has 0 saturated heterocycles. The molecule has 2 rings (SSSR count). The first-order chi connectivity index (χ1) is 8.99. The van der Waals surface area contributed by atoms with Crippen LogP contribution in [0, 0.1) is 0 Å². The maximum Gasteiger partial charge on any atom is 0.251 e. The fourth-order valence-electron chi connectivity index (χ4n) is 1.53. The molecule has 0 fully saturated rings. The summed E-state index contributed by atoms with van der Waals surface area (Å²) in [6, 6.07) is 4.16. The molecule has 2 aromatic rings. The third-order valence-corrected chi connectivity index (χ3v) is 2.58. The first-order valence-electron chi connectivity index (χ1n) is 5.20. The zero-order chi connectivity index (χ0) is 14.0. The normalized spacial score (nSPS) is 10.2. The molecule has 0 bridgehead atoms. The fourth-order valence-corrected chi connectivity index (χ4v) is 1.69. The highest BCUT2D eigenvalue weighted by atomic mass is 35.5. The Balaban J connectivity index is 2.53. The van der Waals surface area contributed by atoms with Crippen LogP contribution in [0.1, 0.15) is 26.4 Å². The molecule has 2 aromatic heterocycles. The number of nitrogens with two attached hydrogens (primary N) is 2. The first kappa shape index (κ1) is 13.0. The van der Waals surface area contributed by atoms with Gasteiger partial charge < -0.3 is 11.5 Å². The minimum Gasteiger partial charge on any atom is -0.384 e. The van der Waals surface area contributed by atoms with Crippen molar-refractivity contribution >= 4 is 29.1 Å². The number of primary amides is 1. The monoisotopic (exact) mass is 276 g/mol. The van der Waals surface area contributed by atoms with E-state index in [1.54, 1.807) is 0 Å². The molecule has 19 heavy (non-hydrogen) atoms. The van der Waals surface area contributed by atoms with Crippen LogP contribution in [-0.2, 0) is 0 Å². The Morgan fingerprint density at radius 1 is 1.21 bits per heavy atom. The average molecular weight is 277 g/mol. The molecule has 0 unspecified atom stereocenters. The van der Waals surface area contributed by atoms with Crippen molar-refractivity contribution < 1.29 is 9.59 Å². The van der Waals surface area contributed by atoms with Gasteiger partial charge in [0.1, 0.15) is 11.5 Å². The molecule has 0 spiro atoms. The van der Waals surface area contributed by atoms with Crippen LogP contribution in [0.3, 0.4) is 0 Å². The molecule has 0 aromatic carbocycles. The number of aromatic nitrogens is 2. The summed E-state index contributed by atoms with van der Waals surface area (Å²) >= 11 is 5.73. The van der Waals surface area contributed by atoms with Crippen molar-refractivity contribution in [2.75, 3.05) is 5.73 Å². The Labute approximate surface area is 113 Å². The van der Waals surface area contributed by atoms with Gasteiger partial charge in [0.25, 0.3) is 5.91 Å². The summed E-state index contributed by atoms with van der Waals surface area (Å²) in [5.41, 5.74) is 10.9. The first-order valence-corrected chi connectivity index (χ1v) is 5.58. The number of nitrogens with zero attached hydrogens (tertiary/aromatic N) is 2. The van der Waals surface area contributed by atoms with Gasteiger partial charge >= 0.3 is 0 Å². The number of hydrogen-bond acceptors (Lipinski definition) is 5. The van der Waals surface area contributed by atoms with Gasteiger partial charge in [-0.1, -0.05) is 11.6 Å². The zero-order valence-electron chi connectivity index (χ0n) is 9.63. The third-order valence-electron chi connectivity index (χ3n) is 2.38. The topological polar surface area (TPSA) is 112 Å². The summed E-state index contributed by atoms with van der Waals surface area (Å²) < 4.78 is 0. The minimum absolute atomic E-state index is 0.0344. The van der Waals surface area contributed by atoms with Crippen molar-refractivity contribution in [1.82, 2.24) is 9.97 Å². The lowest BCUT2D eigenvalue weighted by atomic mass is 10.0. The van der Waals surface area contributed by atoms with Crippen molar-refractivity contribution in [2.24, 2.45) is 5.73 Å². The lowest BCUT2D eigenvalue weighted by Gasteiger charge is -2.05. The number of anilines is 1. The number of ketones is 1. The Kier molecular flexibility index (Phi) is 3.43. The lowest BCUT2D eigenvalue weighted by Crippen LogP contribution is -2.18. The Morgan fingerprint density at radius 2 is 1.95 bits per heavy atom.